The smallest absolute Gasteiger partial charge is 0.243 e. The number of amides is 1. The third-order valence-electron chi connectivity index (χ3n) is 7.58. The fourth-order valence-corrected chi connectivity index (χ4v) is 5.69. The van der Waals surface area contributed by atoms with E-state index in [0.717, 1.165) is 42.1 Å². The third kappa shape index (κ3) is 5.39. The predicted octanol–water partition coefficient (Wildman–Crippen LogP) is 4.64. The van der Waals surface area contributed by atoms with E-state index in [0.29, 0.717) is 30.4 Å². The summed E-state index contributed by atoms with van der Waals surface area (Å²) in [5.41, 5.74) is 8.19. The average Bonchev–Trinajstić information content (AvgIpc) is 3.30. The zero-order valence-electron chi connectivity index (χ0n) is 20.9. The number of hydrogen-bond donors (Lipinski definition) is 1. The van der Waals surface area contributed by atoms with E-state index in [1.54, 1.807) is 14.2 Å². The van der Waals surface area contributed by atoms with Crippen molar-refractivity contribution in [3.8, 4) is 22.9 Å². The van der Waals surface area contributed by atoms with Gasteiger partial charge in [0.15, 0.2) is 23.1 Å². The molecule has 1 aliphatic heterocycles. The van der Waals surface area contributed by atoms with Crippen LogP contribution in [0, 0.1) is 0 Å². The Morgan fingerprint density at radius 1 is 1.03 bits per heavy atom. The van der Waals surface area contributed by atoms with Crippen LogP contribution in [-0.4, -0.2) is 52.4 Å². The minimum Gasteiger partial charge on any atom is -0.493 e. The summed E-state index contributed by atoms with van der Waals surface area (Å²) in [6.07, 6.45) is 3.63. The number of rotatable bonds is 6. The first-order valence-electron chi connectivity index (χ1n) is 11.9. The maximum atomic E-state index is 13.3. The SMILES string of the molecule is COc1ccc(-c2nnc3n2CC(=O)N([C@H]2CC[C@@](CN)(c4cccc(Cl)c4)CC2)C3)cc1OC.Cl.Cl. The summed E-state index contributed by atoms with van der Waals surface area (Å²) in [6, 6.07) is 13.8. The Labute approximate surface area is 234 Å². The van der Waals surface area contributed by atoms with Crippen molar-refractivity contribution in [3.05, 3.63) is 58.9 Å². The molecule has 2 aliphatic rings. The van der Waals surface area contributed by atoms with Crippen molar-refractivity contribution in [1.29, 1.82) is 0 Å². The number of carbonyl (C=O) groups excluding carboxylic acids is 1. The summed E-state index contributed by atoms with van der Waals surface area (Å²) >= 11 is 6.26. The number of aromatic nitrogens is 3. The van der Waals surface area contributed by atoms with Gasteiger partial charge in [0.1, 0.15) is 6.54 Å². The van der Waals surface area contributed by atoms with E-state index in [9.17, 15) is 4.79 Å². The zero-order chi connectivity index (χ0) is 24.6. The number of hydrogen-bond acceptors (Lipinski definition) is 6. The molecule has 3 aromatic rings. The lowest BCUT2D eigenvalue weighted by atomic mass is 9.68. The normalized spacial score (nSPS) is 20.9. The number of ether oxygens (including phenoxy) is 2. The predicted molar refractivity (Wildman–Crippen MR) is 148 cm³/mol. The molecule has 2 heterocycles. The summed E-state index contributed by atoms with van der Waals surface area (Å²) in [7, 11) is 3.19. The highest BCUT2D eigenvalue weighted by Crippen LogP contribution is 2.41. The lowest BCUT2D eigenvalue weighted by Crippen LogP contribution is -2.50. The topological polar surface area (TPSA) is 95.5 Å². The summed E-state index contributed by atoms with van der Waals surface area (Å²) in [5.74, 6) is 2.78. The van der Waals surface area contributed by atoms with Gasteiger partial charge in [0.05, 0.1) is 20.8 Å². The Morgan fingerprint density at radius 2 is 1.76 bits per heavy atom. The number of benzene rings is 2. The van der Waals surface area contributed by atoms with Crippen LogP contribution in [0.15, 0.2) is 42.5 Å². The highest BCUT2D eigenvalue weighted by atomic mass is 35.5. The largest absolute Gasteiger partial charge is 0.493 e. The molecule has 11 heteroatoms. The van der Waals surface area contributed by atoms with Crippen LogP contribution in [0.5, 0.6) is 11.5 Å². The van der Waals surface area contributed by atoms with E-state index >= 15 is 0 Å². The van der Waals surface area contributed by atoms with Crippen molar-refractivity contribution < 1.29 is 14.3 Å². The van der Waals surface area contributed by atoms with E-state index in [4.69, 9.17) is 26.8 Å². The third-order valence-corrected chi connectivity index (χ3v) is 7.81. The highest BCUT2D eigenvalue weighted by molar-refractivity contribution is 6.30. The maximum absolute atomic E-state index is 13.3. The molecular weight excluding hydrogens is 537 g/mol. The molecule has 1 aromatic heterocycles. The fraction of sp³-hybridized carbons (Fsp3) is 0.423. The molecule has 200 valence electrons. The number of carbonyl (C=O) groups is 1. The van der Waals surface area contributed by atoms with Gasteiger partial charge in [-0.05, 0) is 61.6 Å². The summed E-state index contributed by atoms with van der Waals surface area (Å²) in [5, 5.41) is 9.56. The number of halogens is 3. The second kappa shape index (κ2) is 11.9. The average molecular weight is 569 g/mol. The monoisotopic (exact) mass is 567 g/mol. The molecular formula is C26H32Cl3N5O3. The molecule has 37 heavy (non-hydrogen) atoms. The minimum atomic E-state index is -0.0964. The molecule has 0 saturated heterocycles. The summed E-state index contributed by atoms with van der Waals surface area (Å²) in [6.45, 7) is 1.24. The van der Waals surface area contributed by atoms with Crippen LogP contribution in [0.3, 0.4) is 0 Å². The zero-order valence-corrected chi connectivity index (χ0v) is 23.2. The van der Waals surface area contributed by atoms with Crippen molar-refractivity contribution in [2.75, 3.05) is 20.8 Å². The van der Waals surface area contributed by atoms with Crippen LogP contribution in [0.1, 0.15) is 37.1 Å². The number of nitrogens with zero attached hydrogens (tertiary/aromatic N) is 4. The standard InChI is InChI=1S/C26H30ClN5O3.2ClH/c1-34-21-7-6-17(12-22(21)35-2)25-30-29-23-14-31(24(33)15-32(23)25)20-8-10-26(16-28,11-9-20)18-4-3-5-19(27)13-18;;/h3-7,12-13,20H,8-11,14-16,28H2,1-2H3;2*1H/t20-,26+;;. The van der Waals surface area contributed by atoms with Crippen LogP contribution in [0.2, 0.25) is 5.02 Å². The Hall–Kier alpha value is -2.52. The molecule has 8 nitrogen and oxygen atoms in total. The van der Waals surface area contributed by atoms with Crippen LogP contribution >= 0.6 is 36.4 Å². The van der Waals surface area contributed by atoms with Crippen LogP contribution in [0.4, 0.5) is 0 Å². The van der Waals surface area contributed by atoms with Crippen molar-refractivity contribution >= 4 is 42.3 Å². The van der Waals surface area contributed by atoms with E-state index in [-0.39, 0.29) is 48.7 Å². The fourth-order valence-electron chi connectivity index (χ4n) is 5.50. The van der Waals surface area contributed by atoms with Gasteiger partial charge < -0.3 is 20.1 Å². The molecule has 1 amide bonds. The van der Waals surface area contributed by atoms with Gasteiger partial charge in [-0.2, -0.15) is 0 Å². The first-order chi connectivity index (χ1) is 17.0. The van der Waals surface area contributed by atoms with E-state index in [1.807, 2.05) is 45.9 Å². The molecule has 0 bridgehead atoms. The molecule has 1 saturated carbocycles. The van der Waals surface area contributed by atoms with Crippen molar-refractivity contribution in [1.82, 2.24) is 19.7 Å². The highest BCUT2D eigenvalue weighted by Gasteiger charge is 2.40. The van der Waals surface area contributed by atoms with Crippen molar-refractivity contribution in [2.45, 2.75) is 50.2 Å². The van der Waals surface area contributed by atoms with Gasteiger partial charge in [-0.3, -0.25) is 9.36 Å². The second-order valence-corrected chi connectivity index (χ2v) is 9.78. The Kier molecular flexibility index (Phi) is 9.34. The van der Waals surface area contributed by atoms with Gasteiger partial charge in [0.25, 0.3) is 0 Å². The lowest BCUT2D eigenvalue weighted by Gasteiger charge is -2.44. The van der Waals surface area contributed by atoms with Gasteiger partial charge in [0, 0.05) is 28.6 Å². The molecule has 0 unspecified atom stereocenters. The van der Waals surface area contributed by atoms with Crippen molar-refractivity contribution in [2.24, 2.45) is 5.73 Å². The van der Waals surface area contributed by atoms with E-state index in [1.165, 1.54) is 5.56 Å². The molecule has 1 fully saturated rings. The number of nitrogens with two attached hydrogens (primary N) is 1. The van der Waals surface area contributed by atoms with Crippen LogP contribution in [-0.2, 0) is 23.3 Å². The van der Waals surface area contributed by atoms with Crippen LogP contribution in [0.25, 0.3) is 11.4 Å². The Bertz CT molecular complexity index is 1240. The Balaban J connectivity index is 0.00000190. The molecule has 0 radical (unpaired) electrons. The number of methoxy groups -OCH3 is 2. The minimum absolute atomic E-state index is 0. The van der Waals surface area contributed by atoms with Gasteiger partial charge >= 0.3 is 0 Å². The maximum Gasteiger partial charge on any atom is 0.243 e. The molecule has 1 aliphatic carbocycles. The van der Waals surface area contributed by atoms with Crippen LogP contribution < -0.4 is 15.2 Å². The van der Waals surface area contributed by atoms with Gasteiger partial charge in [-0.15, -0.1) is 35.0 Å². The molecule has 0 spiro atoms. The quantitative estimate of drug-likeness (QED) is 0.465. The number of fused-ring (bicyclic) bond motifs is 1. The first-order valence-corrected chi connectivity index (χ1v) is 12.3. The summed E-state index contributed by atoms with van der Waals surface area (Å²) < 4.78 is 12.7. The van der Waals surface area contributed by atoms with E-state index < -0.39 is 0 Å². The molecule has 5 rings (SSSR count). The Morgan fingerprint density at radius 3 is 2.41 bits per heavy atom. The lowest BCUT2D eigenvalue weighted by molar-refractivity contribution is -0.137. The van der Waals surface area contributed by atoms with Gasteiger partial charge in [-0.25, -0.2) is 0 Å². The van der Waals surface area contributed by atoms with E-state index in [2.05, 4.69) is 16.3 Å². The summed E-state index contributed by atoms with van der Waals surface area (Å²) in [4.78, 5) is 15.2. The van der Waals surface area contributed by atoms with Crippen molar-refractivity contribution in [3.63, 3.8) is 0 Å². The first kappa shape index (κ1) is 29.0. The van der Waals surface area contributed by atoms with Gasteiger partial charge in [0.2, 0.25) is 5.91 Å². The second-order valence-electron chi connectivity index (χ2n) is 9.34. The molecule has 0 atom stereocenters. The van der Waals surface area contributed by atoms with Gasteiger partial charge in [-0.1, -0.05) is 23.7 Å². The molecule has 2 aromatic carbocycles. The molecule has 2 N–H and O–H groups in total.